The Morgan fingerprint density at radius 1 is 1.13 bits per heavy atom. The number of aromatic nitrogens is 2. The van der Waals surface area contributed by atoms with E-state index in [2.05, 4.69) is 14.9 Å². The minimum absolute atomic E-state index is 0.101. The smallest absolute Gasteiger partial charge is 0.257 e. The van der Waals surface area contributed by atoms with Crippen LogP contribution >= 0.6 is 0 Å². The Balaban J connectivity index is 1.44. The number of likely N-dealkylation sites (tertiary alicyclic amines) is 2. The Morgan fingerprint density at radius 2 is 1.87 bits per heavy atom. The van der Waals surface area contributed by atoms with Crippen molar-refractivity contribution in [3.05, 3.63) is 24.3 Å². The molecule has 0 aromatic carbocycles. The van der Waals surface area contributed by atoms with Gasteiger partial charge in [-0.05, 0) is 51.0 Å². The molecule has 1 atom stereocenters. The fourth-order valence-electron chi connectivity index (χ4n) is 4.44. The van der Waals surface area contributed by atoms with Crippen molar-refractivity contribution in [2.75, 3.05) is 32.7 Å². The molecule has 23 heavy (non-hydrogen) atoms. The summed E-state index contributed by atoms with van der Waals surface area (Å²) in [7, 11) is 0. The van der Waals surface area contributed by atoms with E-state index in [4.69, 9.17) is 0 Å². The van der Waals surface area contributed by atoms with Crippen molar-refractivity contribution in [1.82, 2.24) is 19.8 Å². The molecule has 5 heteroatoms. The highest BCUT2D eigenvalue weighted by Gasteiger charge is 2.41. The average molecular weight is 314 g/mol. The van der Waals surface area contributed by atoms with Crippen molar-refractivity contribution >= 4 is 5.91 Å². The van der Waals surface area contributed by atoms with E-state index in [-0.39, 0.29) is 5.91 Å². The zero-order chi connectivity index (χ0) is 15.7. The van der Waals surface area contributed by atoms with Crippen LogP contribution in [0.1, 0.15) is 48.9 Å². The van der Waals surface area contributed by atoms with Crippen LogP contribution in [-0.4, -0.2) is 58.4 Å². The Bertz CT molecular complexity index is 555. The zero-order valence-electron chi connectivity index (χ0n) is 13.8. The van der Waals surface area contributed by atoms with Crippen molar-refractivity contribution in [2.24, 2.45) is 11.3 Å². The molecule has 1 amide bonds. The van der Waals surface area contributed by atoms with Gasteiger partial charge in [0.1, 0.15) is 6.33 Å². The van der Waals surface area contributed by atoms with Crippen LogP contribution in [0.5, 0.6) is 0 Å². The fraction of sp³-hybridized carbons (Fsp3) is 0.722. The second kappa shape index (κ2) is 6.19. The molecule has 1 aliphatic carbocycles. The highest BCUT2D eigenvalue weighted by Crippen LogP contribution is 2.40. The topological polar surface area (TPSA) is 49.3 Å². The Hall–Kier alpha value is -1.49. The molecular weight excluding hydrogens is 288 g/mol. The molecule has 1 aromatic heterocycles. The number of amides is 1. The van der Waals surface area contributed by atoms with E-state index in [9.17, 15) is 4.79 Å². The van der Waals surface area contributed by atoms with Gasteiger partial charge in [0.05, 0.1) is 5.56 Å². The fourth-order valence-corrected chi connectivity index (χ4v) is 4.44. The third-order valence-corrected chi connectivity index (χ3v) is 5.71. The number of carbonyl (C=O) groups excluding carboxylic acids is 1. The lowest BCUT2D eigenvalue weighted by Gasteiger charge is -2.48. The maximum atomic E-state index is 12.7. The van der Waals surface area contributed by atoms with Crippen molar-refractivity contribution in [3.63, 3.8) is 0 Å². The van der Waals surface area contributed by atoms with E-state index in [0.29, 0.717) is 11.0 Å². The van der Waals surface area contributed by atoms with Crippen molar-refractivity contribution in [3.8, 4) is 0 Å². The van der Waals surface area contributed by atoms with Gasteiger partial charge in [-0.15, -0.1) is 0 Å². The summed E-state index contributed by atoms with van der Waals surface area (Å²) in [6.45, 7) is 5.49. The van der Waals surface area contributed by atoms with E-state index in [1.54, 1.807) is 12.4 Å². The van der Waals surface area contributed by atoms with Gasteiger partial charge in [-0.1, -0.05) is 0 Å². The van der Waals surface area contributed by atoms with Gasteiger partial charge in [0.2, 0.25) is 0 Å². The molecule has 3 fully saturated rings. The summed E-state index contributed by atoms with van der Waals surface area (Å²) in [5.41, 5.74) is 0.937. The van der Waals surface area contributed by atoms with Crippen LogP contribution < -0.4 is 0 Å². The van der Waals surface area contributed by atoms with Crippen LogP contribution in [0.2, 0.25) is 0 Å². The first-order valence-corrected chi connectivity index (χ1v) is 9.01. The summed E-state index contributed by atoms with van der Waals surface area (Å²) < 4.78 is 0. The molecule has 124 valence electrons. The first kappa shape index (κ1) is 15.1. The number of carbonyl (C=O) groups is 1. The number of hydrogen-bond donors (Lipinski definition) is 0. The largest absolute Gasteiger partial charge is 0.338 e. The van der Waals surface area contributed by atoms with Crippen molar-refractivity contribution in [1.29, 1.82) is 0 Å². The number of piperidine rings is 2. The molecule has 3 aliphatic rings. The summed E-state index contributed by atoms with van der Waals surface area (Å²) in [6, 6.07) is 0. The minimum atomic E-state index is 0.101. The summed E-state index contributed by atoms with van der Waals surface area (Å²) in [4.78, 5) is 25.4. The standard InChI is InChI=1S/C18H26N4O/c23-17(16-9-19-14-20-10-16)22-8-2-6-18(13-22)5-1-7-21(12-18)11-15-3-4-15/h9-10,14-15H,1-8,11-13H2. The van der Waals surface area contributed by atoms with E-state index < -0.39 is 0 Å². The number of hydrogen-bond acceptors (Lipinski definition) is 4. The Kier molecular flexibility index (Phi) is 4.05. The molecule has 1 saturated carbocycles. The van der Waals surface area contributed by atoms with E-state index in [0.717, 1.165) is 25.4 Å². The molecule has 0 bridgehead atoms. The third-order valence-electron chi connectivity index (χ3n) is 5.71. The molecule has 4 rings (SSSR count). The van der Waals surface area contributed by atoms with E-state index in [1.807, 2.05) is 4.90 Å². The van der Waals surface area contributed by atoms with Gasteiger partial charge in [-0.3, -0.25) is 4.79 Å². The first-order chi connectivity index (χ1) is 11.2. The summed E-state index contributed by atoms with van der Waals surface area (Å²) >= 11 is 0. The maximum Gasteiger partial charge on any atom is 0.257 e. The molecular formula is C18H26N4O. The number of rotatable bonds is 3. The van der Waals surface area contributed by atoms with Gasteiger partial charge in [-0.25, -0.2) is 9.97 Å². The Morgan fingerprint density at radius 3 is 2.61 bits per heavy atom. The van der Waals surface area contributed by atoms with Crippen LogP contribution in [0.15, 0.2) is 18.7 Å². The van der Waals surface area contributed by atoms with Gasteiger partial charge >= 0.3 is 0 Å². The molecule has 1 spiro atoms. The first-order valence-electron chi connectivity index (χ1n) is 9.01. The maximum absolute atomic E-state index is 12.7. The lowest BCUT2D eigenvalue weighted by atomic mass is 9.73. The predicted octanol–water partition coefficient (Wildman–Crippen LogP) is 2.20. The highest BCUT2D eigenvalue weighted by molar-refractivity contribution is 5.93. The quantitative estimate of drug-likeness (QED) is 0.858. The molecule has 0 N–H and O–H groups in total. The predicted molar refractivity (Wildman–Crippen MR) is 88.0 cm³/mol. The molecule has 5 nitrogen and oxygen atoms in total. The second-order valence-electron chi connectivity index (χ2n) is 7.74. The van der Waals surface area contributed by atoms with E-state index in [1.165, 1.54) is 58.1 Å². The van der Waals surface area contributed by atoms with Gasteiger partial charge in [0.25, 0.3) is 5.91 Å². The van der Waals surface area contributed by atoms with Crippen molar-refractivity contribution in [2.45, 2.75) is 38.5 Å². The minimum Gasteiger partial charge on any atom is -0.338 e. The van der Waals surface area contributed by atoms with Gasteiger partial charge in [-0.2, -0.15) is 0 Å². The van der Waals surface area contributed by atoms with Crippen LogP contribution in [0.4, 0.5) is 0 Å². The highest BCUT2D eigenvalue weighted by atomic mass is 16.2. The molecule has 1 aromatic rings. The average Bonchev–Trinajstić information content (AvgIpc) is 3.39. The van der Waals surface area contributed by atoms with Crippen LogP contribution in [0.3, 0.4) is 0 Å². The summed E-state index contributed by atoms with van der Waals surface area (Å²) in [6.07, 6.45) is 12.5. The molecule has 2 saturated heterocycles. The van der Waals surface area contributed by atoms with Crippen molar-refractivity contribution < 1.29 is 4.79 Å². The Labute approximate surface area is 138 Å². The summed E-state index contributed by atoms with van der Waals surface area (Å²) in [5, 5.41) is 0. The third kappa shape index (κ3) is 3.39. The van der Waals surface area contributed by atoms with Crippen LogP contribution in [0, 0.1) is 11.3 Å². The van der Waals surface area contributed by atoms with Gasteiger partial charge in [0.15, 0.2) is 0 Å². The summed E-state index contributed by atoms with van der Waals surface area (Å²) in [5.74, 6) is 1.05. The molecule has 3 heterocycles. The normalized spacial score (nSPS) is 29.0. The second-order valence-corrected chi connectivity index (χ2v) is 7.74. The number of nitrogens with zero attached hydrogens (tertiary/aromatic N) is 4. The molecule has 2 aliphatic heterocycles. The zero-order valence-corrected chi connectivity index (χ0v) is 13.8. The van der Waals surface area contributed by atoms with Crippen LogP contribution in [-0.2, 0) is 0 Å². The molecule has 1 unspecified atom stereocenters. The molecule has 0 radical (unpaired) electrons. The van der Waals surface area contributed by atoms with E-state index >= 15 is 0 Å². The van der Waals surface area contributed by atoms with Crippen LogP contribution in [0.25, 0.3) is 0 Å². The van der Waals surface area contributed by atoms with Gasteiger partial charge < -0.3 is 9.80 Å². The monoisotopic (exact) mass is 314 g/mol. The lowest BCUT2D eigenvalue weighted by molar-refractivity contribution is 0.0124. The van der Waals surface area contributed by atoms with Gasteiger partial charge in [0, 0.05) is 44.0 Å². The SMILES string of the molecule is O=C(c1cncnc1)N1CCCC2(CCCN(CC3CC3)C2)C1. The lowest BCUT2D eigenvalue weighted by Crippen LogP contribution is -2.53.